The predicted molar refractivity (Wildman–Crippen MR) is 77.9 cm³/mol. The van der Waals surface area contributed by atoms with Crippen molar-refractivity contribution in [3.05, 3.63) is 0 Å². The lowest BCUT2D eigenvalue weighted by atomic mass is 9.83. The van der Waals surface area contributed by atoms with Crippen LogP contribution in [0.25, 0.3) is 0 Å². The average molecular weight is 260 g/mol. The Morgan fingerprint density at radius 3 is 2.24 bits per heavy atom. The zero-order chi connectivity index (χ0) is 12.4. The summed E-state index contributed by atoms with van der Waals surface area (Å²) in [6, 6.07) is 0. The first-order valence-corrected chi connectivity index (χ1v) is 8.17. The highest BCUT2D eigenvalue weighted by Crippen LogP contribution is 2.29. The summed E-state index contributed by atoms with van der Waals surface area (Å²) in [5.41, 5.74) is 0.281. The molecule has 1 N–H and O–H groups in total. The van der Waals surface area contributed by atoms with Crippen molar-refractivity contribution in [1.29, 1.82) is 0 Å². The van der Waals surface area contributed by atoms with Crippen LogP contribution in [-0.4, -0.2) is 18.0 Å². The molecule has 0 unspecified atom stereocenters. The van der Waals surface area contributed by atoms with E-state index in [9.17, 15) is 0 Å². The average Bonchev–Trinajstić information content (AvgIpc) is 2.39. The Morgan fingerprint density at radius 2 is 1.59 bits per heavy atom. The Kier molecular flexibility index (Phi) is 8.30. The standard InChI is InChI=1S/C15H30ClN/c1-2-3-4-5-6-10-13-17-15(14-16)11-8-7-9-12-15/h17H,2-14H2,1H3. The van der Waals surface area contributed by atoms with E-state index in [-0.39, 0.29) is 5.54 Å². The summed E-state index contributed by atoms with van der Waals surface area (Å²) in [5, 5.41) is 3.74. The zero-order valence-corrected chi connectivity index (χ0v) is 12.3. The van der Waals surface area contributed by atoms with Crippen LogP contribution in [0.1, 0.15) is 77.6 Å². The second kappa shape index (κ2) is 9.22. The zero-order valence-electron chi connectivity index (χ0n) is 11.6. The van der Waals surface area contributed by atoms with Crippen molar-refractivity contribution in [1.82, 2.24) is 5.32 Å². The predicted octanol–water partition coefficient (Wildman–Crippen LogP) is 4.88. The molecule has 1 fully saturated rings. The Hall–Kier alpha value is 0.250. The second-order valence-corrected chi connectivity index (χ2v) is 5.94. The molecule has 0 atom stereocenters. The number of halogens is 1. The van der Waals surface area contributed by atoms with Gasteiger partial charge in [0.1, 0.15) is 0 Å². The minimum absolute atomic E-state index is 0.281. The van der Waals surface area contributed by atoms with E-state index in [0.717, 1.165) is 5.88 Å². The van der Waals surface area contributed by atoms with Gasteiger partial charge in [0.15, 0.2) is 0 Å². The summed E-state index contributed by atoms with van der Waals surface area (Å²) in [6.45, 7) is 3.44. The lowest BCUT2D eigenvalue weighted by Crippen LogP contribution is -2.48. The molecule has 1 nitrogen and oxygen atoms in total. The summed E-state index contributed by atoms with van der Waals surface area (Å²) in [5.74, 6) is 0.794. The van der Waals surface area contributed by atoms with Crippen LogP contribution in [0.3, 0.4) is 0 Å². The Bertz CT molecular complexity index is 176. The first kappa shape index (κ1) is 15.3. The van der Waals surface area contributed by atoms with Crippen LogP contribution >= 0.6 is 11.6 Å². The number of hydrogen-bond donors (Lipinski definition) is 1. The molecule has 1 aliphatic carbocycles. The summed E-state index contributed by atoms with van der Waals surface area (Å²) >= 11 is 6.16. The van der Waals surface area contributed by atoms with Crippen molar-refractivity contribution >= 4 is 11.6 Å². The van der Waals surface area contributed by atoms with Gasteiger partial charge in [-0.05, 0) is 25.8 Å². The number of alkyl halides is 1. The van der Waals surface area contributed by atoms with E-state index in [1.165, 1.54) is 77.2 Å². The topological polar surface area (TPSA) is 12.0 Å². The Morgan fingerprint density at radius 1 is 0.941 bits per heavy atom. The molecule has 17 heavy (non-hydrogen) atoms. The smallest absolute Gasteiger partial charge is 0.0406 e. The van der Waals surface area contributed by atoms with E-state index < -0.39 is 0 Å². The first-order valence-electron chi connectivity index (χ1n) is 7.64. The SMILES string of the molecule is CCCCCCCCNC1(CCl)CCCCC1. The van der Waals surface area contributed by atoms with Crippen LogP contribution < -0.4 is 5.32 Å². The number of unbranched alkanes of at least 4 members (excludes halogenated alkanes) is 5. The molecule has 0 aromatic carbocycles. The number of nitrogens with one attached hydrogen (secondary N) is 1. The normalized spacial score (nSPS) is 19.4. The van der Waals surface area contributed by atoms with Crippen LogP contribution in [0.5, 0.6) is 0 Å². The van der Waals surface area contributed by atoms with E-state index in [0.29, 0.717) is 0 Å². The molecule has 0 amide bonds. The van der Waals surface area contributed by atoms with Gasteiger partial charge in [-0.3, -0.25) is 0 Å². The van der Waals surface area contributed by atoms with E-state index in [1.807, 2.05) is 0 Å². The first-order chi connectivity index (χ1) is 8.33. The molecule has 0 aliphatic heterocycles. The maximum absolute atomic E-state index is 6.16. The van der Waals surface area contributed by atoms with Crippen molar-refractivity contribution in [2.75, 3.05) is 12.4 Å². The molecule has 2 heteroatoms. The Labute approximate surface area is 113 Å². The van der Waals surface area contributed by atoms with Crippen molar-refractivity contribution in [3.63, 3.8) is 0 Å². The summed E-state index contributed by atoms with van der Waals surface area (Å²) < 4.78 is 0. The van der Waals surface area contributed by atoms with E-state index >= 15 is 0 Å². The molecule has 1 saturated carbocycles. The second-order valence-electron chi connectivity index (χ2n) is 5.67. The molecular weight excluding hydrogens is 230 g/mol. The van der Waals surface area contributed by atoms with Crippen molar-refractivity contribution < 1.29 is 0 Å². The van der Waals surface area contributed by atoms with Gasteiger partial charge < -0.3 is 5.32 Å². The monoisotopic (exact) mass is 259 g/mol. The summed E-state index contributed by atoms with van der Waals surface area (Å²) in [4.78, 5) is 0. The summed E-state index contributed by atoms with van der Waals surface area (Å²) in [7, 11) is 0. The molecule has 0 spiro atoms. The maximum atomic E-state index is 6.16. The molecule has 0 aromatic heterocycles. The van der Waals surface area contributed by atoms with Gasteiger partial charge in [0.2, 0.25) is 0 Å². The Balaban J connectivity index is 2.03. The fourth-order valence-electron chi connectivity index (χ4n) is 2.85. The molecule has 0 aromatic rings. The van der Waals surface area contributed by atoms with E-state index in [1.54, 1.807) is 0 Å². The van der Waals surface area contributed by atoms with Gasteiger partial charge in [-0.1, -0.05) is 58.3 Å². The molecule has 0 radical (unpaired) electrons. The largest absolute Gasteiger partial charge is 0.310 e. The van der Waals surface area contributed by atoms with Crippen molar-refractivity contribution in [2.45, 2.75) is 83.1 Å². The lowest BCUT2D eigenvalue weighted by molar-refractivity contribution is 0.257. The van der Waals surface area contributed by atoms with Crippen molar-refractivity contribution in [2.24, 2.45) is 0 Å². The van der Waals surface area contributed by atoms with Crippen LogP contribution in [0, 0.1) is 0 Å². The van der Waals surface area contributed by atoms with Gasteiger partial charge in [-0.2, -0.15) is 0 Å². The third-order valence-electron chi connectivity index (χ3n) is 4.10. The molecule has 1 aliphatic rings. The molecule has 0 heterocycles. The van der Waals surface area contributed by atoms with Gasteiger partial charge >= 0.3 is 0 Å². The van der Waals surface area contributed by atoms with Crippen LogP contribution in [0.2, 0.25) is 0 Å². The van der Waals surface area contributed by atoms with E-state index in [4.69, 9.17) is 11.6 Å². The van der Waals surface area contributed by atoms with Gasteiger partial charge in [0, 0.05) is 11.4 Å². The van der Waals surface area contributed by atoms with E-state index in [2.05, 4.69) is 12.2 Å². The van der Waals surface area contributed by atoms with Crippen molar-refractivity contribution in [3.8, 4) is 0 Å². The van der Waals surface area contributed by atoms with Crippen LogP contribution in [0.4, 0.5) is 0 Å². The van der Waals surface area contributed by atoms with Gasteiger partial charge in [-0.15, -0.1) is 11.6 Å². The third kappa shape index (κ3) is 6.10. The fourth-order valence-corrected chi connectivity index (χ4v) is 3.21. The highest BCUT2D eigenvalue weighted by molar-refractivity contribution is 6.18. The summed E-state index contributed by atoms with van der Waals surface area (Å²) in [6.07, 6.45) is 14.9. The molecule has 0 bridgehead atoms. The highest BCUT2D eigenvalue weighted by atomic mass is 35.5. The maximum Gasteiger partial charge on any atom is 0.0406 e. The quantitative estimate of drug-likeness (QED) is 0.460. The van der Waals surface area contributed by atoms with Gasteiger partial charge in [0.05, 0.1) is 0 Å². The number of hydrogen-bond acceptors (Lipinski definition) is 1. The van der Waals surface area contributed by atoms with Gasteiger partial charge in [0.25, 0.3) is 0 Å². The fraction of sp³-hybridized carbons (Fsp3) is 1.00. The lowest BCUT2D eigenvalue weighted by Gasteiger charge is -2.36. The minimum atomic E-state index is 0.281. The molecule has 102 valence electrons. The van der Waals surface area contributed by atoms with Crippen LogP contribution in [-0.2, 0) is 0 Å². The van der Waals surface area contributed by atoms with Crippen LogP contribution in [0.15, 0.2) is 0 Å². The molecule has 1 rings (SSSR count). The molecule has 0 saturated heterocycles. The molecular formula is C15H30ClN. The highest BCUT2D eigenvalue weighted by Gasteiger charge is 2.29. The van der Waals surface area contributed by atoms with Gasteiger partial charge in [-0.25, -0.2) is 0 Å². The number of rotatable bonds is 9. The minimum Gasteiger partial charge on any atom is -0.310 e. The third-order valence-corrected chi connectivity index (χ3v) is 4.61.